The van der Waals surface area contributed by atoms with Gasteiger partial charge in [0.15, 0.2) is 6.61 Å². The van der Waals surface area contributed by atoms with Gasteiger partial charge in [-0.15, -0.1) is 0 Å². The number of benzene rings is 2. The van der Waals surface area contributed by atoms with Gasteiger partial charge in [0.25, 0.3) is 0 Å². The zero-order chi connectivity index (χ0) is 17.0. The molecule has 2 aromatic carbocycles. The molecule has 0 spiro atoms. The maximum atomic E-state index is 12.2. The Labute approximate surface area is 136 Å². The Balaban J connectivity index is 2.05. The number of rotatable bonds is 5. The number of nitrogens with zero attached hydrogens (tertiary/aromatic N) is 1. The molecule has 0 bridgehead atoms. The van der Waals surface area contributed by atoms with Gasteiger partial charge in [-0.25, -0.2) is 4.79 Å². The first-order valence-corrected chi connectivity index (χ1v) is 7.43. The number of Topliss-reactive ketones (excluding diaryl/α,β-unsaturated/α-hetero) is 1. The second kappa shape index (κ2) is 7.09. The van der Waals surface area contributed by atoms with Gasteiger partial charge in [0.1, 0.15) is 0 Å². The lowest BCUT2D eigenvalue weighted by Crippen LogP contribution is -2.16. The fourth-order valence-corrected chi connectivity index (χ4v) is 2.24. The Morgan fingerprint density at radius 3 is 2.48 bits per heavy atom. The average molecular weight is 311 g/mol. The molecule has 0 saturated heterocycles. The van der Waals surface area contributed by atoms with Crippen LogP contribution in [0.25, 0.3) is 0 Å². The SMILES string of the molecule is Cc1ccc(C)c(C(=O)COC(=O)c2cccc(N(C)C)c2)c1. The highest BCUT2D eigenvalue weighted by atomic mass is 16.5. The summed E-state index contributed by atoms with van der Waals surface area (Å²) in [4.78, 5) is 26.3. The summed E-state index contributed by atoms with van der Waals surface area (Å²) in [5, 5.41) is 0. The smallest absolute Gasteiger partial charge is 0.338 e. The van der Waals surface area contributed by atoms with Gasteiger partial charge >= 0.3 is 5.97 Å². The molecule has 0 heterocycles. The van der Waals surface area contributed by atoms with Crippen molar-refractivity contribution in [1.82, 2.24) is 0 Å². The third-order valence-corrected chi connectivity index (χ3v) is 3.63. The third kappa shape index (κ3) is 4.19. The maximum absolute atomic E-state index is 12.2. The molecule has 4 nitrogen and oxygen atoms in total. The molecule has 0 amide bonds. The molecule has 0 aliphatic heterocycles. The maximum Gasteiger partial charge on any atom is 0.338 e. The van der Waals surface area contributed by atoms with Crippen LogP contribution < -0.4 is 4.90 Å². The van der Waals surface area contributed by atoms with Crippen LogP contribution in [-0.2, 0) is 4.74 Å². The van der Waals surface area contributed by atoms with Crippen molar-refractivity contribution in [2.45, 2.75) is 13.8 Å². The summed E-state index contributed by atoms with van der Waals surface area (Å²) in [6.07, 6.45) is 0. The van der Waals surface area contributed by atoms with Gasteiger partial charge < -0.3 is 9.64 Å². The van der Waals surface area contributed by atoms with Crippen molar-refractivity contribution >= 4 is 17.4 Å². The second-order valence-corrected chi connectivity index (χ2v) is 5.76. The summed E-state index contributed by atoms with van der Waals surface area (Å²) in [5.41, 5.74) is 3.82. The number of carbonyl (C=O) groups is 2. The van der Waals surface area contributed by atoms with Crippen LogP contribution in [-0.4, -0.2) is 32.5 Å². The van der Waals surface area contributed by atoms with E-state index >= 15 is 0 Å². The number of ketones is 1. The molecule has 0 aromatic heterocycles. The predicted octanol–water partition coefficient (Wildman–Crippen LogP) is 3.41. The van der Waals surface area contributed by atoms with Gasteiger partial charge in [-0.2, -0.15) is 0 Å². The fraction of sp³-hybridized carbons (Fsp3) is 0.263. The normalized spacial score (nSPS) is 10.3. The zero-order valence-corrected chi connectivity index (χ0v) is 13.9. The van der Waals surface area contributed by atoms with E-state index in [1.807, 2.05) is 57.1 Å². The fourth-order valence-electron chi connectivity index (χ4n) is 2.24. The largest absolute Gasteiger partial charge is 0.454 e. The standard InChI is InChI=1S/C19H21NO3/c1-13-8-9-14(2)17(10-13)18(21)12-23-19(22)15-6-5-7-16(11-15)20(3)4/h5-11H,12H2,1-4H3. The predicted molar refractivity (Wildman–Crippen MR) is 91.3 cm³/mol. The summed E-state index contributed by atoms with van der Waals surface area (Å²) >= 11 is 0. The number of hydrogen-bond donors (Lipinski definition) is 0. The summed E-state index contributed by atoms with van der Waals surface area (Å²) in [6, 6.07) is 12.8. The monoisotopic (exact) mass is 311 g/mol. The van der Waals surface area contributed by atoms with Crippen molar-refractivity contribution in [3.63, 3.8) is 0 Å². The van der Waals surface area contributed by atoms with E-state index in [0.29, 0.717) is 11.1 Å². The van der Waals surface area contributed by atoms with Crippen LogP contribution in [0.4, 0.5) is 5.69 Å². The quantitative estimate of drug-likeness (QED) is 0.627. The lowest BCUT2D eigenvalue weighted by atomic mass is 10.0. The Morgan fingerprint density at radius 1 is 1.04 bits per heavy atom. The number of esters is 1. The number of ether oxygens (including phenoxy) is 1. The molecule has 0 aliphatic carbocycles. The van der Waals surface area contributed by atoms with Crippen molar-refractivity contribution in [3.8, 4) is 0 Å². The van der Waals surface area contributed by atoms with Crippen LogP contribution in [0, 0.1) is 13.8 Å². The highest BCUT2D eigenvalue weighted by molar-refractivity contribution is 6.00. The first-order valence-electron chi connectivity index (χ1n) is 7.43. The van der Waals surface area contributed by atoms with Crippen LogP contribution in [0.3, 0.4) is 0 Å². The molecule has 0 fully saturated rings. The van der Waals surface area contributed by atoms with Crippen LogP contribution in [0.1, 0.15) is 31.8 Å². The first-order chi connectivity index (χ1) is 10.9. The lowest BCUT2D eigenvalue weighted by molar-refractivity contribution is 0.0474. The summed E-state index contributed by atoms with van der Waals surface area (Å²) < 4.78 is 5.17. The molecule has 120 valence electrons. The van der Waals surface area contributed by atoms with E-state index in [4.69, 9.17) is 4.74 Å². The van der Waals surface area contributed by atoms with Gasteiger partial charge in [-0.05, 0) is 43.7 Å². The van der Waals surface area contributed by atoms with Gasteiger partial charge in [-0.1, -0.05) is 23.8 Å². The average Bonchev–Trinajstić information content (AvgIpc) is 2.54. The van der Waals surface area contributed by atoms with Crippen molar-refractivity contribution < 1.29 is 14.3 Å². The van der Waals surface area contributed by atoms with Crippen LogP contribution in [0.2, 0.25) is 0 Å². The Hall–Kier alpha value is -2.62. The molecule has 0 atom stereocenters. The molecule has 0 N–H and O–H groups in total. The number of aryl methyl sites for hydroxylation is 2. The summed E-state index contributed by atoms with van der Waals surface area (Å²) in [7, 11) is 3.79. The van der Waals surface area contributed by atoms with Crippen LogP contribution in [0.5, 0.6) is 0 Å². The number of anilines is 1. The topological polar surface area (TPSA) is 46.6 Å². The van der Waals surface area contributed by atoms with E-state index in [2.05, 4.69) is 0 Å². The van der Waals surface area contributed by atoms with E-state index in [1.54, 1.807) is 18.2 Å². The molecule has 2 aromatic rings. The van der Waals surface area contributed by atoms with Gasteiger partial charge in [-0.3, -0.25) is 4.79 Å². The molecular weight excluding hydrogens is 290 g/mol. The van der Waals surface area contributed by atoms with Crippen molar-refractivity contribution in [3.05, 3.63) is 64.7 Å². The van der Waals surface area contributed by atoms with Crippen LogP contribution >= 0.6 is 0 Å². The van der Waals surface area contributed by atoms with Crippen molar-refractivity contribution in [2.24, 2.45) is 0 Å². The summed E-state index contributed by atoms with van der Waals surface area (Å²) in [6.45, 7) is 3.54. The highest BCUT2D eigenvalue weighted by Gasteiger charge is 2.14. The second-order valence-electron chi connectivity index (χ2n) is 5.76. The molecule has 0 aliphatic rings. The van der Waals surface area contributed by atoms with Gasteiger partial charge in [0.05, 0.1) is 5.56 Å². The van der Waals surface area contributed by atoms with E-state index in [-0.39, 0.29) is 12.4 Å². The van der Waals surface area contributed by atoms with E-state index in [1.165, 1.54) is 0 Å². The van der Waals surface area contributed by atoms with E-state index in [9.17, 15) is 9.59 Å². The van der Waals surface area contributed by atoms with Crippen LogP contribution in [0.15, 0.2) is 42.5 Å². The Morgan fingerprint density at radius 2 is 1.78 bits per heavy atom. The number of hydrogen-bond acceptors (Lipinski definition) is 4. The Bertz CT molecular complexity index is 735. The molecular formula is C19H21NO3. The summed E-state index contributed by atoms with van der Waals surface area (Å²) in [5.74, 6) is -0.685. The van der Waals surface area contributed by atoms with E-state index in [0.717, 1.165) is 16.8 Å². The highest BCUT2D eigenvalue weighted by Crippen LogP contribution is 2.15. The zero-order valence-electron chi connectivity index (χ0n) is 13.9. The molecule has 4 heteroatoms. The van der Waals surface area contributed by atoms with Crippen molar-refractivity contribution in [2.75, 3.05) is 25.6 Å². The minimum absolute atomic E-state index is 0.191. The van der Waals surface area contributed by atoms with E-state index < -0.39 is 5.97 Å². The lowest BCUT2D eigenvalue weighted by Gasteiger charge is -2.13. The molecule has 0 saturated carbocycles. The first kappa shape index (κ1) is 16.7. The minimum Gasteiger partial charge on any atom is -0.454 e. The molecule has 0 radical (unpaired) electrons. The molecule has 2 rings (SSSR count). The molecule has 23 heavy (non-hydrogen) atoms. The minimum atomic E-state index is -0.493. The number of carbonyl (C=O) groups excluding carboxylic acids is 2. The third-order valence-electron chi connectivity index (χ3n) is 3.63. The Kier molecular flexibility index (Phi) is 5.16. The van der Waals surface area contributed by atoms with Gasteiger partial charge in [0.2, 0.25) is 5.78 Å². The molecule has 0 unspecified atom stereocenters. The van der Waals surface area contributed by atoms with Gasteiger partial charge in [0, 0.05) is 25.3 Å². The van der Waals surface area contributed by atoms with Crippen molar-refractivity contribution in [1.29, 1.82) is 0 Å².